The fraction of sp³-hybridized carbons (Fsp3) is 0.750. The molecule has 0 amide bonds. The van der Waals surface area contributed by atoms with Gasteiger partial charge in [-0.1, -0.05) is 124 Å². The fourth-order valence-electron chi connectivity index (χ4n) is 9.80. The maximum absolute atomic E-state index is 3.83. The summed E-state index contributed by atoms with van der Waals surface area (Å²) in [5.74, 6) is 0. The molecule has 0 bridgehead atoms. The maximum atomic E-state index is 3.83. The van der Waals surface area contributed by atoms with Crippen LogP contribution in [0.4, 0.5) is 0 Å². The Morgan fingerprint density at radius 3 is 0.958 bits per heavy atom. The number of thiophene rings is 2. The van der Waals surface area contributed by atoms with Crippen LogP contribution in [0.25, 0.3) is 9.31 Å². The predicted molar refractivity (Wildman–Crippen MR) is 350 cm³/mol. The molecule has 4 heterocycles. The first-order chi connectivity index (χ1) is 34.6. The molecule has 0 unspecified atom stereocenters. The van der Waals surface area contributed by atoms with Gasteiger partial charge in [-0.05, 0) is 68.7 Å². The van der Waals surface area contributed by atoms with E-state index in [-0.39, 0.29) is 0 Å². The van der Waals surface area contributed by atoms with Crippen molar-refractivity contribution >= 4 is 125 Å². The van der Waals surface area contributed by atoms with E-state index in [1.165, 1.54) is 239 Å². The Kier molecular flexibility index (Phi) is 41.6. The van der Waals surface area contributed by atoms with Gasteiger partial charge in [0.1, 0.15) is 0 Å². The van der Waals surface area contributed by atoms with E-state index < -0.39 is 36.8 Å². The number of rotatable bonds is 39. The fourth-order valence-corrected chi connectivity index (χ4v) is 38.9. The van der Waals surface area contributed by atoms with E-state index in [9.17, 15) is 0 Å². The van der Waals surface area contributed by atoms with E-state index in [1.807, 2.05) is 16.2 Å². The standard InChI is InChI=1S/C30H50SSe.C24H42Br2S.C4H2Se.6CH3.2Sn/c1-5-7-9-11-13-15-17-19-21-27-26(4)31-30(29-24-23-25(3)32-29)28(27)22-20-18-16-14-12-10-8-6-2;1-3-5-7-9-11-13-15-17-19-21-22(24(26)27-23(21)25)20-18-16-14-12-10-8-6-4-2;1-2-4-5-3-1;;;;;;;;/h23-24H,5-22H2,1-4H3;3-20H2,1-2H3;1-2H;6*1H3;;. The first kappa shape index (κ1) is 70.1. The van der Waals surface area contributed by atoms with Crippen LogP contribution >= 0.6 is 54.5 Å². The number of hydrogen-bond acceptors (Lipinski definition) is 2. The molecule has 4 aromatic heterocycles. The first-order valence-electron chi connectivity index (χ1n) is 30.3. The van der Waals surface area contributed by atoms with Crippen LogP contribution in [-0.4, -0.2) is 65.8 Å². The molecule has 4 rings (SSSR count). The monoisotopic (exact) mass is 1500 g/mol. The first-order valence-corrected chi connectivity index (χ1v) is 56.9. The van der Waals surface area contributed by atoms with Crippen molar-refractivity contribution in [1.82, 2.24) is 0 Å². The molecule has 0 atom stereocenters. The summed E-state index contributed by atoms with van der Waals surface area (Å²) in [6.45, 7) is 13.9. The topological polar surface area (TPSA) is 0 Å². The van der Waals surface area contributed by atoms with Gasteiger partial charge in [0.05, 0.1) is 7.57 Å². The molecule has 72 heavy (non-hydrogen) atoms. The predicted octanol–water partition coefficient (Wildman–Crippen LogP) is 22.9. The molecular formula is C64H112Br2S2Se2Sn2. The molecule has 0 saturated heterocycles. The number of hydrogen-bond donors (Lipinski definition) is 0. The second-order valence-electron chi connectivity index (χ2n) is 23.5. The molecular weight excluding hydrogens is 1390 g/mol. The minimum absolute atomic E-state index is 0.557. The van der Waals surface area contributed by atoms with E-state index in [0.29, 0.717) is 14.5 Å². The van der Waals surface area contributed by atoms with Crippen molar-refractivity contribution in [2.24, 2.45) is 0 Å². The van der Waals surface area contributed by atoms with Gasteiger partial charge < -0.3 is 0 Å². The second kappa shape index (κ2) is 42.8. The molecule has 8 heteroatoms. The SMILES string of the molecule is CCCCCCCCCCc1c(Br)sc(Br)c1CCCCCCCCCC.CCCCCCCCCCc1c(C)sc(-c2ccc(C)[se]2)c1CCCCCCCCCC.[CH3][Sn]([CH3])([CH3])[c]1cc[c]([Sn]([CH3])([CH3])[CH3])[se]1. The quantitative estimate of drug-likeness (QED) is 0.0309. The summed E-state index contributed by atoms with van der Waals surface area (Å²) in [4.78, 5) is 18.5. The van der Waals surface area contributed by atoms with Crippen LogP contribution in [0.1, 0.15) is 265 Å². The van der Waals surface area contributed by atoms with Crippen molar-refractivity contribution in [1.29, 1.82) is 0 Å². The summed E-state index contributed by atoms with van der Waals surface area (Å²) in [7, 11) is 0. The van der Waals surface area contributed by atoms with E-state index >= 15 is 0 Å². The molecule has 0 nitrogen and oxygen atoms in total. The van der Waals surface area contributed by atoms with Crippen LogP contribution in [-0.2, 0) is 25.7 Å². The third kappa shape index (κ3) is 31.1. The molecule has 0 aliphatic heterocycles. The van der Waals surface area contributed by atoms with Crippen LogP contribution in [0, 0.1) is 13.8 Å². The van der Waals surface area contributed by atoms with Gasteiger partial charge in [0.25, 0.3) is 0 Å². The summed E-state index contributed by atoms with van der Waals surface area (Å²) >= 11 is 9.63. The summed E-state index contributed by atoms with van der Waals surface area (Å²) in [6.07, 6.45) is 50.3. The van der Waals surface area contributed by atoms with E-state index in [0.717, 1.165) is 14.5 Å². The summed E-state index contributed by atoms with van der Waals surface area (Å²) < 4.78 is 9.76. The molecule has 0 spiro atoms. The zero-order valence-electron chi connectivity index (χ0n) is 49.2. The Bertz CT molecular complexity index is 1840. The van der Waals surface area contributed by atoms with Crippen molar-refractivity contribution in [3.63, 3.8) is 0 Å². The van der Waals surface area contributed by atoms with Gasteiger partial charge >= 0.3 is 289 Å². The Morgan fingerprint density at radius 1 is 0.361 bits per heavy atom. The van der Waals surface area contributed by atoms with Crippen molar-refractivity contribution in [2.45, 2.75) is 302 Å². The molecule has 0 aliphatic carbocycles. The van der Waals surface area contributed by atoms with Crippen molar-refractivity contribution in [2.75, 3.05) is 0 Å². The van der Waals surface area contributed by atoms with E-state index in [2.05, 4.69) is 139 Å². The van der Waals surface area contributed by atoms with Crippen LogP contribution in [0.2, 0.25) is 29.6 Å². The van der Waals surface area contributed by atoms with Gasteiger partial charge in [-0.25, -0.2) is 0 Å². The molecule has 414 valence electrons. The average Bonchev–Trinajstić information content (AvgIpc) is 4.14. The Morgan fingerprint density at radius 2 is 0.667 bits per heavy atom. The normalized spacial score (nSPS) is 11.8. The van der Waals surface area contributed by atoms with Gasteiger partial charge in [0, 0.05) is 0 Å². The van der Waals surface area contributed by atoms with Crippen molar-refractivity contribution in [3.05, 3.63) is 63.4 Å². The number of halogens is 2. The van der Waals surface area contributed by atoms with Crippen LogP contribution < -0.4 is 4.91 Å². The van der Waals surface area contributed by atoms with Crippen molar-refractivity contribution in [3.8, 4) is 9.31 Å². The van der Waals surface area contributed by atoms with Gasteiger partial charge in [0.2, 0.25) is 0 Å². The van der Waals surface area contributed by atoms with Gasteiger partial charge in [-0.3, -0.25) is 0 Å². The number of aryl methyl sites for hydroxylation is 2. The molecule has 0 aliphatic rings. The summed E-state index contributed by atoms with van der Waals surface area (Å²) in [6, 6.07) is 9.75. The molecule has 0 fully saturated rings. The van der Waals surface area contributed by atoms with Crippen LogP contribution in [0.15, 0.2) is 31.8 Å². The second-order valence-corrected chi connectivity index (χ2v) is 66.8. The molecule has 4 aromatic rings. The third-order valence-electron chi connectivity index (χ3n) is 14.5. The molecule has 0 radical (unpaired) electrons. The average molecular weight is 1500 g/mol. The van der Waals surface area contributed by atoms with Crippen molar-refractivity contribution < 1.29 is 0 Å². The van der Waals surface area contributed by atoms with Gasteiger partial charge in [-0.15, -0.1) is 11.3 Å². The zero-order chi connectivity index (χ0) is 53.0. The van der Waals surface area contributed by atoms with Gasteiger partial charge in [-0.2, -0.15) is 0 Å². The summed E-state index contributed by atoms with van der Waals surface area (Å²) in [5.41, 5.74) is 6.68. The zero-order valence-corrected chi connectivity index (χ0v) is 63.1. The third-order valence-corrected chi connectivity index (χ3v) is 52.1. The minimum atomic E-state index is -1.68. The summed E-state index contributed by atoms with van der Waals surface area (Å²) in [5, 5.41) is 0. The van der Waals surface area contributed by atoms with E-state index in [1.54, 1.807) is 40.9 Å². The Hall–Kier alpha value is 1.96. The Labute approximate surface area is 494 Å². The molecule has 0 N–H and O–H groups in total. The molecule has 0 saturated carbocycles. The van der Waals surface area contributed by atoms with Gasteiger partial charge in [0.15, 0.2) is 0 Å². The van der Waals surface area contributed by atoms with Crippen LogP contribution in [0.3, 0.4) is 0 Å². The Balaban J connectivity index is 0.000000400. The number of unbranched alkanes of at least 4 members (excludes halogenated alkanes) is 28. The van der Waals surface area contributed by atoms with Crippen LogP contribution in [0.5, 0.6) is 0 Å². The molecule has 0 aromatic carbocycles. The van der Waals surface area contributed by atoms with E-state index in [4.69, 9.17) is 0 Å².